The molecule has 1 aliphatic heterocycles. The molecule has 0 aromatic heterocycles. The number of aliphatic carboxylic acids is 1. The van der Waals surface area contributed by atoms with Gasteiger partial charge in [0.15, 0.2) is 5.17 Å². The van der Waals surface area contributed by atoms with Gasteiger partial charge < -0.3 is 20.0 Å². The van der Waals surface area contributed by atoms with Gasteiger partial charge >= 0.3 is 0 Å². The third-order valence-electron chi connectivity index (χ3n) is 2.67. The van der Waals surface area contributed by atoms with Crippen molar-refractivity contribution >= 4 is 35.0 Å². The lowest BCUT2D eigenvalue weighted by Crippen LogP contribution is -2.31. The Kier molecular flexibility index (Phi) is 5.54. The van der Waals surface area contributed by atoms with Gasteiger partial charge in [-0.05, 0) is 36.8 Å². The van der Waals surface area contributed by atoms with E-state index in [-0.39, 0.29) is 11.6 Å². The van der Waals surface area contributed by atoms with Crippen LogP contribution in [0.4, 0.5) is 0 Å². The van der Waals surface area contributed by atoms with Gasteiger partial charge in [0.1, 0.15) is 5.75 Å². The standard InChI is InChI=1S/C14H15N3O4S/c1-2-21-10-5-3-9(4-6-10)8-15-17-14-16-13(20)11(22-14)7-12(18)19/h3-6,8,11H,2,7H2,1H3,(H,18,19)(H,16,17,20)/p-1/b15-8-/t11-/m0/s1. The van der Waals surface area contributed by atoms with E-state index < -0.39 is 17.1 Å². The van der Waals surface area contributed by atoms with Gasteiger partial charge in [0.2, 0.25) is 5.91 Å². The number of nitrogens with zero attached hydrogens (tertiary/aromatic N) is 2. The zero-order chi connectivity index (χ0) is 15.9. The highest BCUT2D eigenvalue weighted by molar-refractivity contribution is 8.15. The molecule has 7 nitrogen and oxygen atoms in total. The van der Waals surface area contributed by atoms with E-state index in [1.165, 1.54) is 6.21 Å². The highest BCUT2D eigenvalue weighted by Crippen LogP contribution is 2.21. The number of amides is 1. The van der Waals surface area contributed by atoms with Crippen molar-refractivity contribution in [3.63, 3.8) is 0 Å². The van der Waals surface area contributed by atoms with Crippen molar-refractivity contribution in [2.75, 3.05) is 6.61 Å². The second-order valence-corrected chi connectivity index (χ2v) is 5.52. The first-order chi connectivity index (χ1) is 10.6. The molecule has 1 fully saturated rings. The van der Waals surface area contributed by atoms with Crippen LogP contribution in [0.2, 0.25) is 0 Å². The molecule has 116 valence electrons. The minimum atomic E-state index is -1.27. The molecule has 0 radical (unpaired) electrons. The van der Waals surface area contributed by atoms with Crippen LogP contribution < -0.4 is 15.2 Å². The van der Waals surface area contributed by atoms with Gasteiger partial charge in [0.05, 0.1) is 18.1 Å². The molecular formula is C14H14N3O4S-. The lowest BCUT2D eigenvalue weighted by Gasteiger charge is -2.04. The Bertz CT molecular complexity index is 613. The molecule has 1 aromatic carbocycles. The fourth-order valence-electron chi connectivity index (χ4n) is 1.70. The number of carbonyl (C=O) groups excluding carboxylic acids is 2. The average molecular weight is 320 g/mol. The minimum Gasteiger partial charge on any atom is -0.550 e. The number of hydrogen-bond acceptors (Lipinski definition) is 7. The zero-order valence-electron chi connectivity index (χ0n) is 11.8. The quantitative estimate of drug-likeness (QED) is 0.593. The Morgan fingerprint density at radius 2 is 2.18 bits per heavy atom. The maximum atomic E-state index is 11.5. The maximum Gasteiger partial charge on any atom is 0.239 e. The van der Waals surface area contributed by atoms with Crippen LogP contribution in [0.5, 0.6) is 5.75 Å². The number of benzene rings is 1. The maximum absolute atomic E-state index is 11.5. The molecule has 0 saturated carbocycles. The lowest BCUT2D eigenvalue weighted by atomic mass is 10.2. The van der Waals surface area contributed by atoms with E-state index in [4.69, 9.17) is 4.74 Å². The van der Waals surface area contributed by atoms with Crippen molar-refractivity contribution < 1.29 is 19.4 Å². The summed E-state index contributed by atoms with van der Waals surface area (Å²) in [5.74, 6) is -0.897. The van der Waals surface area contributed by atoms with Crippen molar-refractivity contribution in [2.45, 2.75) is 18.6 Å². The van der Waals surface area contributed by atoms with Crippen LogP contribution in [0.1, 0.15) is 18.9 Å². The van der Waals surface area contributed by atoms with Gasteiger partial charge in [-0.3, -0.25) is 4.79 Å². The van der Waals surface area contributed by atoms with Crippen LogP contribution in [-0.4, -0.2) is 35.1 Å². The van der Waals surface area contributed by atoms with Gasteiger partial charge in [0.25, 0.3) is 0 Å². The van der Waals surface area contributed by atoms with Crippen molar-refractivity contribution in [3.05, 3.63) is 29.8 Å². The van der Waals surface area contributed by atoms with E-state index in [1.54, 1.807) is 0 Å². The summed E-state index contributed by atoms with van der Waals surface area (Å²) in [6, 6.07) is 7.29. The summed E-state index contributed by atoms with van der Waals surface area (Å²) >= 11 is 1.03. The topological polar surface area (TPSA) is 103 Å². The summed E-state index contributed by atoms with van der Waals surface area (Å²) in [5, 5.41) is 20.3. The van der Waals surface area contributed by atoms with Gasteiger partial charge in [-0.15, -0.1) is 5.10 Å². The summed E-state index contributed by atoms with van der Waals surface area (Å²) in [7, 11) is 0. The number of carboxylic acid groups (broad SMARTS) is 1. The van der Waals surface area contributed by atoms with E-state index in [2.05, 4.69) is 15.5 Å². The second-order valence-electron chi connectivity index (χ2n) is 4.32. The molecule has 0 spiro atoms. The Hall–Kier alpha value is -2.35. The summed E-state index contributed by atoms with van der Waals surface area (Å²) in [4.78, 5) is 22.0. The van der Waals surface area contributed by atoms with Crippen molar-refractivity contribution in [1.82, 2.24) is 5.32 Å². The number of carboxylic acids is 1. The first-order valence-corrected chi connectivity index (χ1v) is 7.47. The molecular weight excluding hydrogens is 306 g/mol. The van der Waals surface area contributed by atoms with E-state index in [0.29, 0.717) is 6.61 Å². The number of nitrogens with one attached hydrogen (secondary N) is 1. The summed E-state index contributed by atoms with van der Waals surface area (Å²) in [5.41, 5.74) is 0.827. The van der Waals surface area contributed by atoms with Crippen LogP contribution >= 0.6 is 11.8 Å². The van der Waals surface area contributed by atoms with E-state index in [1.807, 2.05) is 31.2 Å². The number of ether oxygens (including phenoxy) is 1. The normalized spacial score (nSPS) is 19.6. The smallest absolute Gasteiger partial charge is 0.239 e. The number of amidine groups is 1. The summed E-state index contributed by atoms with van der Waals surface area (Å²) in [6.45, 7) is 2.51. The van der Waals surface area contributed by atoms with Crippen LogP contribution in [0.15, 0.2) is 34.5 Å². The number of hydrogen-bond donors (Lipinski definition) is 1. The molecule has 1 saturated heterocycles. The Labute approximate surface area is 131 Å². The molecule has 1 amide bonds. The van der Waals surface area contributed by atoms with E-state index in [9.17, 15) is 14.7 Å². The van der Waals surface area contributed by atoms with Crippen LogP contribution in [0, 0.1) is 0 Å². The predicted molar refractivity (Wildman–Crippen MR) is 81.8 cm³/mol. The molecule has 1 N–H and O–H groups in total. The lowest BCUT2D eigenvalue weighted by molar-refractivity contribution is -0.305. The molecule has 22 heavy (non-hydrogen) atoms. The molecule has 0 aliphatic carbocycles. The third-order valence-corrected chi connectivity index (χ3v) is 3.75. The predicted octanol–water partition coefficient (Wildman–Crippen LogP) is 0.147. The SMILES string of the molecule is CCOc1ccc(/C=N\N=C2\NC(=O)[C@H](CC(=O)[O-])S2)cc1. The Balaban J connectivity index is 1.94. The molecule has 1 atom stereocenters. The highest BCUT2D eigenvalue weighted by Gasteiger charge is 2.30. The van der Waals surface area contributed by atoms with Gasteiger partial charge in [-0.25, -0.2) is 0 Å². The van der Waals surface area contributed by atoms with E-state index in [0.717, 1.165) is 23.1 Å². The molecule has 2 rings (SSSR count). The first-order valence-electron chi connectivity index (χ1n) is 6.59. The zero-order valence-corrected chi connectivity index (χ0v) is 12.6. The van der Waals surface area contributed by atoms with Gasteiger partial charge in [-0.1, -0.05) is 11.8 Å². The number of rotatable bonds is 6. The minimum absolute atomic E-state index is 0.276. The van der Waals surface area contributed by atoms with Gasteiger partial charge in [-0.2, -0.15) is 5.10 Å². The van der Waals surface area contributed by atoms with Crippen LogP contribution in [0.3, 0.4) is 0 Å². The van der Waals surface area contributed by atoms with Gasteiger partial charge in [0, 0.05) is 12.4 Å². The molecule has 1 heterocycles. The fraction of sp³-hybridized carbons (Fsp3) is 0.286. The third kappa shape index (κ3) is 4.59. The van der Waals surface area contributed by atoms with Crippen LogP contribution in [0.25, 0.3) is 0 Å². The number of thioether (sulfide) groups is 1. The molecule has 0 unspecified atom stereocenters. The summed E-state index contributed by atoms with van der Waals surface area (Å²) in [6.07, 6.45) is 1.18. The molecule has 0 bridgehead atoms. The van der Waals surface area contributed by atoms with E-state index >= 15 is 0 Å². The fourth-order valence-corrected chi connectivity index (χ4v) is 2.61. The monoisotopic (exact) mass is 320 g/mol. The highest BCUT2D eigenvalue weighted by atomic mass is 32.2. The summed E-state index contributed by atoms with van der Waals surface area (Å²) < 4.78 is 5.33. The molecule has 1 aromatic rings. The Morgan fingerprint density at radius 3 is 2.82 bits per heavy atom. The largest absolute Gasteiger partial charge is 0.550 e. The van der Waals surface area contributed by atoms with Crippen molar-refractivity contribution in [1.29, 1.82) is 0 Å². The Morgan fingerprint density at radius 1 is 1.45 bits per heavy atom. The first kappa shape index (κ1) is 16.0. The average Bonchev–Trinajstić information content (AvgIpc) is 2.81. The second kappa shape index (κ2) is 7.60. The number of carbonyl (C=O) groups is 2. The van der Waals surface area contributed by atoms with Crippen molar-refractivity contribution in [3.8, 4) is 5.75 Å². The van der Waals surface area contributed by atoms with Crippen LogP contribution in [-0.2, 0) is 9.59 Å². The molecule has 8 heteroatoms. The van der Waals surface area contributed by atoms with Crippen molar-refractivity contribution in [2.24, 2.45) is 10.2 Å². The molecule has 1 aliphatic rings.